The summed E-state index contributed by atoms with van der Waals surface area (Å²) in [7, 11) is 1.64. The predicted octanol–water partition coefficient (Wildman–Crippen LogP) is 5.79. The minimum absolute atomic E-state index is 0.240. The fourth-order valence-electron chi connectivity index (χ4n) is 3.94. The number of rotatable bonds is 6. The first-order valence-electron chi connectivity index (χ1n) is 9.60. The first-order valence-corrected chi connectivity index (χ1v) is 10.4. The van der Waals surface area contributed by atoms with Crippen molar-refractivity contribution >= 4 is 15.9 Å². The minimum Gasteiger partial charge on any atom is -0.507 e. The summed E-state index contributed by atoms with van der Waals surface area (Å²) in [5, 5.41) is 10.0. The third-order valence-corrected chi connectivity index (χ3v) is 6.46. The van der Waals surface area contributed by atoms with Gasteiger partial charge in [-0.2, -0.15) is 0 Å². The van der Waals surface area contributed by atoms with Gasteiger partial charge in [0.2, 0.25) is 0 Å². The van der Waals surface area contributed by atoms with Gasteiger partial charge in [0.1, 0.15) is 11.5 Å². The molecule has 0 amide bonds. The number of ether oxygens (including phenoxy) is 2. The maximum absolute atomic E-state index is 10.0. The molecule has 146 valence electrons. The summed E-state index contributed by atoms with van der Waals surface area (Å²) in [6.07, 6.45) is 6.89. The van der Waals surface area contributed by atoms with Crippen molar-refractivity contribution in [2.45, 2.75) is 58.3 Å². The lowest BCUT2D eigenvalue weighted by Crippen LogP contribution is -2.12. The molecule has 1 aliphatic rings. The fourth-order valence-corrected chi connectivity index (χ4v) is 4.30. The molecular formula is C22H28BrNO3. The molecule has 1 heterocycles. The average Bonchev–Trinajstić information content (AvgIpc) is 2.69. The number of nitrogens with zero attached hydrogens (tertiary/aromatic N) is 1. The molecule has 0 radical (unpaired) electrons. The Bertz CT molecular complexity index is 801. The number of pyridine rings is 1. The van der Waals surface area contributed by atoms with Crippen LogP contribution in [0.5, 0.6) is 11.5 Å². The molecule has 0 unspecified atom stereocenters. The van der Waals surface area contributed by atoms with Crippen LogP contribution in [0, 0.1) is 13.8 Å². The van der Waals surface area contributed by atoms with Crippen molar-refractivity contribution < 1.29 is 14.6 Å². The van der Waals surface area contributed by atoms with Gasteiger partial charge in [-0.15, -0.1) is 0 Å². The van der Waals surface area contributed by atoms with Crippen molar-refractivity contribution in [1.29, 1.82) is 0 Å². The number of hydrogen-bond acceptors (Lipinski definition) is 4. The number of aryl methyl sites for hydroxylation is 1. The van der Waals surface area contributed by atoms with Crippen LogP contribution in [0.2, 0.25) is 0 Å². The number of benzene rings is 1. The Balaban J connectivity index is 1.93. The first-order chi connectivity index (χ1) is 13.0. The fraction of sp³-hybridized carbons (Fsp3) is 0.500. The van der Waals surface area contributed by atoms with Crippen molar-refractivity contribution in [3.63, 3.8) is 0 Å². The van der Waals surface area contributed by atoms with E-state index in [1.165, 1.54) is 37.7 Å². The summed E-state index contributed by atoms with van der Waals surface area (Å²) < 4.78 is 11.7. The van der Waals surface area contributed by atoms with Crippen LogP contribution in [-0.2, 0) is 11.2 Å². The van der Waals surface area contributed by atoms with E-state index >= 15 is 0 Å². The van der Waals surface area contributed by atoms with E-state index in [9.17, 15) is 5.11 Å². The summed E-state index contributed by atoms with van der Waals surface area (Å²) in [4.78, 5) is 5.02. The highest BCUT2D eigenvalue weighted by Crippen LogP contribution is 2.37. The Morgan fingerprint density at radius 3 is 2.63 bits per heavy atom. The molecule has 0 atom stereocenters. The lowest BCUT2D eigenvalue weighted by Gasteiger charge is -2.24. The number of phenols is 1. The number of aromatic hydroxyl groups is 1. The quantitative estimate of drug-likeness (QED) is 0.585. The molecule has 4 nitrogen and oxygen atoms in total. The van der Waals surface area contributed by atoms with E-state index in [2.05, 4.69) is 15.9 Å². The van der Waals surface area contributed by atoms with Crippen molar-refractivity contribution in [2.24, 2.45) is 0 Å². The maximum Gasteiger partial charge on any atom is 0.188 e. The van der Waals surface area contributed by atoms with E-state index in [4.69, 9.17) is 14.5 Å². The normalized spacial score (nSPS) is 15.1. The van der Waals surface area contributed by atoms with Crippen molar-refractivity contribution in [2.75, 3.05) is 13.9 Å². The Kier molecular flexibility index (Phi) is 6.77. The summed E-state index contributed by atoms with van der Waals surface area (Å²) in [5.74, 6) is 1.58. The zero-order valence-corrected chi connectivity index (χ0v) is 17.9. The summed E-state index contributed by atoms with van der Waals surface area (Å²) in [6.45, 7) is 4.31. The molecule has 3 rings (SSSR count). The van der Waals surface area contributed by atoms with Gasteiger partial charge in [0.05, 0.1) is 10.2 Å². The van der Waals surface area contributed by atoms with E-state index in [-0.39, 0.29) is 12.5 Å². The zero-order valence-electron chi connectivity index (χ0n) is 16.3. The van der Waals surface area contributed by atoms with Gasteiger partial charge in [-0.05, 0) is 77.5 Å². The highest BCUT2D eigenvalue weighted by molar-refractivity contribution is 9.10. The van der Waals surface area contributed by atoms with Crippen LogP contribution in [0.4, 0.5) is 0 Å². The van der Waals surface area contributed by atoms with Gasteiger partial charge in [-0.3, -0.25) is 4.98 Å². The van der Waals surface area contributed by atoms with Gasteiger partial charge in [0.25, 0.3) is 0 Å². The topological polar surface area (TPSA) is 51.6 Å². The van der Waals surface area contributed by atoms with Gasteiger partial charge in [0, 0.05) is 25.1 Å². The van der Waals surface area contributed by atoms with Crippen molar-refractivity contribution in [1.82, 2.24) is 4.98 Å². The summed E-state index contributed by atoms with van der Waals surface area (Å²) in [5.41, 5.74) is 5.44. The Morgan fingerprint density at radius 2 is 1.93 bits per heavy atom. The zero-order chi connectivity index (χ0) is 19.4. The van der Waals surface area contributed by atoms with Crippen LogP contribution >= 0.6 is 15.9 Å². The molecule has 1 aromatic carbocycles. The molecule has 0 saturated heterocycles. The van der Waals surface area contributed by atoms with E-state index in [0.717, 1.165) is 39.2 Å². The van der Waals surface area contributed by atoms with Crippen molar-refractivity contribution in [3.8, 4) is 11.5 Å². The van der Waals surface area contributed by atoms with Crippen LogP contribution < -0.4 is 4.74 Å². The number of hydrogen-bond donors (Lipinski definition) is 1. The predicted molar refractivity (Wildman–Crippen MR) is 111 cm³/mol. The molecule has 0 spiro atoms. The SMILES string of the molecule is COCOc1ccc(Cc2c(C)cc(O)c(Br)c2C)nc1C1CCCCC1. The van der Waals surface area contributed by atoms with Crippen LogP contribution in [0.3, 0.4) is 0 Å². The van der Waals surface area contributed by atoms with Crippen LogP contribution in [0.25, 0.3) is 0 Å². The number of methoxy groups -OCH3 is 1. The number of halogens is 1. The van der Waals surface area contributed by atoms with Crippen LogP contribution in [0.1, 0.15) is 66.1 Å². The molecule has 2 aromatic rings. The second kappa shape index (κ2) is 9.07. The lowest BCUT2D eigenvalue weighted by molar-refractivity contribution is 0.0496. The molecule has 0 bridgehead atoms. The molecule has 1 aromatic heterocycles. The monoisotopic (exact) mass is 433 g/mol. The average molecular weight is 434 g/mol. The molecule has 1 N–H and O–H groups in total. The molecular weight excluding hydrogens is 406 g/mol. The summed E-state index contributed by atoms with van der Waals surface area (Å²) >= 11 is 3.49. The maximum atomic E-state index is 10.0. The Hall–Kier alpha value is -1.59. The molecule has 1 saturated carbocycles. The van der Waals surface area contributed by atoms with Crippen molar-refractivity contribution in [3.05, 3.63) is 50.8 Å². The smallest absolute Gasteiger partial charge is 0.188 e. The number of phenolic OH excluding ortho intramolecular Hbond substituents is 1. The van der Waals surface area contributed by atoms with Gasteiger partial charge < -0.3 is 14.6 Å². The molecule has 0 aliphatic heterocycles. The molecule has 1 aliphatic carbocycles. The Labute approximate surface area is 170 Å². The van der Waals surface area contributed by atoms with Crippen LogP contribution in [0.15, 0.2) is 22.7 Å². The van der Waals surface area contributed by atoms with E-state index in [0.29, 0.717) is 5.92 Å². The lowest BCUT2D eigenvalue weighted by atomic mass is 9.86. The highest BCUT2D eigenvalue weighted by atomic mass is 79.9. The third-order valence-electron chi connectivity index (χ3n) is 5.46. The van der Waals surface area contributed by atoms with Gasteiger partial charge >= 0.3 is 0 Å². The van der Waals surface area contributed by atoms with Gasteiger partial charge in [-0.25, -0.2) is 0 Å². The largest absolute Gasteiger partial charge is 0.507 e. The third kappa shape index (κ3) is 4.64. The molecule has 27 heavy (non-hydrogen) atoms. The molecule has 5 heteroatoms. The standard InChI is InChI=1S/C22H28BrNO3/c1-14-11-19(25)21(23)15(2)18(14)12-17-9-10-20(27-13-26-3)22(24-17)16-7-5-4-6-8-16/h9-11,16,25H,4-8,12-13H2,1-3H3. The van der Waals surface area contributed by atoms with Crippen LogP contribution in [-0.4, -0.2) is 24.0 Å². The van der Waals surface area contributed by atoms with E-state index in [1.807, 2.05) is 32.0 Å². The van der Waals surface area contributed by atoms with E-state index < -0.39 is 0 Å². The molecule has 1 fully saturated rings. The summed E-state index contributed by atoms with van der Waals surface area (Å²) in [6, 6.07) is 5.88. The Morgan fingerprint density at radius 1 is 1.19 bits per heavy atom. The van der Waals surface area contributed by atoms with Gasteiger partial charge in [0.15, 0.2) is 6.79 Å². The second-order valence-corrected chi connectivity index (χ2v) is 8.17. The number of aromatic nitrogens is 1. The van der Waals surface area contributed by atoms with Gasteiger partial charge in [-0.1, -0.05) is 19.3 Å². The first kappa shape index (κ1) is 20.2. The highest BCUT2D eigenvalue weighted by Gasteiger charge is 2.22. The minimum atomic E-state index is 0.240. The second-order valence-electron chi connectivity index (χ2n) is 7.38. The van der Waals surface area contributed by atoms with E-state index in [1.54, 1.807) is 7.11 Å².